The van der Waals surface area contributed by atoms with E-state index in [1.165, 1.54) is 17.7 Å². The number of aromatic nitrogens is 1. The van der Waals surface area contributed by atoms with Gasteiger partial charge in [-0.3, -0.25) is 0 Å². The zero-order valence-corrected chi connectivity index (χ0v) is 10.2. The van der Waals surface area contributed by atoms with Crippen LogP contribution in [0.15, 0.2) is 0 Å². The number of rotatable bonds is 4. The minimum atomic E-state index is 0.569. The molecule has 0 unspecified atom stereocenters. The molecule has 1 aromatic heterocycles. The van der Waals surface area contributed by atoms with Crippen LogP contribution in [0.3, 0.4) is 0 Å². The van der Waals surface area contributed by atoms with E-state index in [1.807, 2.05) is 6.92 Å². The molecular formula is C11H18N2OS. The number of hydrogen-bond donors (Lipinski definition) is 1. The summed E-state index contributed by atoms with van der Waals surface area (Å²) in [5, 5.41) is 4.56. The van der Waals surface area contributed by atoms with E-state index in [1.54, 1.807) is 11.3 Å². The highest BCUT2D eigenvalue weighted by Crippen LogP contribution is 2.18. The molecule has 1 N–H and O–H groups in total. The summed E-state index contributed by atoms with van der Waals surface area (Å²) in [6, 6.07) is 0.569. The fourth-order valence-corrected chi connectivity index (χ4v) is 2.78. The van der Waals surface area contributed by atoms with Gasteiger partial charge in [-0.1, -0.05) is 0 Å². The molecule has 3 nitrogen and oxygen atoms in total. The molecule has 0 spiro atoms. The summed E-state index contributed by atoms with van der Waals surface area (Å²) in [6.07, 6.45) is 2.54. The minimum Gasteiger partial charge on any atom is -0.374 e. The van der Waals surface area contributed by atoms with E-state index in [0.717, 1.165) is 30.5 Å². The number of ether oxygens (including phenoxy) is 1. The first kappa shape index (κ1) is 11.0. The third-order valence-electron chi connectivity index (χ3n) is 2.71. The molecule has 4 heteroatoms. The third kappa shape index (κ3) is 3.00. The van der Waals surface area contributed by atoms with Gasteiger partial charge in [-0.15, -0.1) is 11.3 Å². The molecule has 1 saturated heterocycles. The van der Waals surface area contributed by atoms with Crippen LogP contribution in [-0.2, 0) is 11.3 Å². The first-order valence-corrected chi connectivity index (χ1v) is 6.31. The predicted molar refractivity (Wildman–Crippen MR) is 62.3 cm³/mol. The first-order chi connectivity index (χ1) is 7.25. The van der Waals surface area contributed by atoms with E-state index < -0.39 is 0 Å². The van der Waals surface area contributed by atoms with Crippen LogP contribution in [0.5, 0.6) is 0 Å². The van der Waals surface area contributed by atoms with Crippen LogP contribution in [0.4, 0.5) is 0 Å². The van der Waals surface area contributed by atoms with Gasteiger partial charge in [-0.25, -0.2) is 4.98 Å². The topological polar surface area (TPSA) is 34.1 Å². The van der Waals surface area contributed by atoms with Crippen LogP contribution in [0.1, 0.15) is 28.4 Å². The summed E-state index contributed by atoms with van der Waals surface area (Å²) in [4.78, 5) is 5.65. The zero-order chi connectivity index (χ0) is 10.7. The largest absolute Gasteiger partial charge is 0.374 e. The molecule has 84 valence electrons. The Kier molecular flexibility index (Phi) is 3.72. The second kappa shape index (κ2) is 5.05. The van der Waals surface area contributed by atoms with Crippen molar-refractivity contribution < 1.29 is 4.74 Å². The third-order valence-corrected chi connectivity index (χ3v) is 3.76. The Labute approximate surface area is 94.9 Å². The summed E-state index contributed by atoms with van der Waals surface area (Å²) in [6.45, 7) is 6.79. The highest BCUT2D eigenvalue weighted by atomic mass is 32.1. The summed E-state index contributed by atoms with van der Waals surface area (Å²) in [7, 11) is 0. The molecule has 2 heterocycles. The SMILES string of the molecule is Cc1nc(C)c(COC[C@@H]2CCCN2)s1. The Bertz CT molecular complexity index is 318. The number of aryl methyl sites for hydroxylation is 2. The molecular weight excluding hydrogens is 208 g/mol. The molecule has 1 atom stereocenters. The Morgan fingerprint density at radius 1 is 1.53 bits per heavy atom. The van der Waals surface area contributed by atoms with Gasteiger partial charge in [0.05, 0.1) is 28.8 Å². The fraction of sp³-hybridized carbons (Fsp3) is 0.727. The molecule has 1 aliphatic rings. The predicted octanol–water partition coefficient (Wildman–Crippen LogP) is 2.03. The number of nitrogens with zero attached hydrogens (tertiary/aromatic N) is 1. The highest BCUT2D eigenvalue weighted by molar-refractivity contribution is 7.11. The van der Waals surface area contributed by atoms with E-state index in [9.17, 15) is 0 Å². The lowest BCUT2D eigenvalue weighted by atomic mass is 10.2. The minimum absolute atomic E-state index is 0.569. The van der Waals surface area contributed by atoms with Gasteiger partial charge in [0.25, 0.3) is 0 Å². The van der Waals surface area contributed by atoms with Gasteiger partial charge in [0.1, 0.15) is 0 Å². The molecule has 1 aromatic rings. The van der Waals surface area contributed by atoms with Crippen LogP contribution in [0.25, 0.3) is 0 Å². The lowest BCUT2D eigenvalue weighted by Gasteiger charge is -2.09. The average Bonchev–Trinajstić information content (AvgIpc) is 2.77. The van der Waals surface area contributed by atoms with Crippen molar-refractivity contribution in [1.82, 2.24) is 10.3 Å². The van der Waals surface area contributed by atoms with Gasteiger partial charge in [0.2, 0.25) is 0 Å². The van der Waals surface area contributed by atoms with Crippen molar-refractivity contribution in [1.29, 1.82) is 0 Å². The van der Waals surface area contributed by atoms with E-state index >= 15 is 0 Å². The molecule has 0 amide bonds. The molecule has 15 heavy (non-hydrogen) atoms. The van der Waals surface area contributed by atoms with Gasteiger partial charge >= 0.3 is 0 Å². The van der Waals surface area contributed by atoms with E-state index in [0.29, 0.717) is 6.04 Å². The molecule has 2 rings (SSSR count). The van der Waals surface area contributed by atoms with Crippen molar-refractivity contribution in [2.45, 2.75) is 39.3 Å². The van der Waals surface area contributed by atoms with Crippen molar-refractivity contribution in [3.8, 4) is 0 Å². The van der Waals surface area contributed by atoms with Gasteiger partial charge in [0, 0.05) is 6.04 Å². The fourth-order valence-electron chi connectivity index (χ4n) is 1.90. The Hall–Kier alpha value is -0.450. The van der Waals surface area contributed by atoms with E-state index in [-0.39, 0.29) is 0 Å². The summed E-state index contributed by atoms with van der Waals surface area (Å²) in [5.74, 6) is 0. The van der Waals surface area contributed by atoms with Gasteiger partial charge in [-0.2, -0.15) is 0 Å². The lowest BCUT2D eigenvalue weighted by Crippen LogP contribution is -2.26. The molecule has 0 radical (unpaired) electrons. The van der Waals surface area contributed by atoms with Crippen molar-refractivity contribution in [3.63, 3.8) is 0 Å². The number of thiazole rings is 1. The molecule has 0 aliphatic carbocycles. The summed E-state index contributed by atoms with van der Waals surface area (Å²) in [5.41, 5.74) is 1.12. The van der Waals surface area contributed by atoms with Crippen molar-refractivity contribution in [2.24, 2.45) is 0 Å². The van der Waals surface area contributed by atoms with Crippen LogP contribution in [0.2, 0.25) is 0 Å². The maximum Gasteiger partial charge on any atom is 0.0900 e. The first-order valence-electron chi connectivity index (χ1n) is 5.50. The number of nitrogens with one attached hydrogen (secondary N) is 1. The Morgan fingerprint density at radius 2 is 2.40 bits per heavy atom. The summed E-state index contributed by atoms with van der Waals surface area (Å²) >= 11 is 1.74. The van der Waals surface area contributed by atoms with Crippen LogP contribution in [0, 0.1) is 13.8 Å². The van der Waals surface area contributed by atoms with Crippen LogP contribution in [-0.4, -0.2) is 24.2 Å². The highest BCUT2D eigenvalue weighted by Gasteiger charge is 2.14. The van der Waals surface area contributed by atoms with Crippen LogP contribution >= 0.6 is 11.3 Å². The van der Waals surface area contributed by atoms with Crippen LogP contribution < -0.4 is 5.32 Å². The van der Waals surface area contributed by atoms with Gasteiger partial charge < -0.3 is 10.1 Å². The van der Waals surface area contributed by atoms with Crippen molar-refractivity contribution in [3.05, 3.63) is 15.6 Å². The van der Waals surface area contributed by atoms with Crippen molar-refractivity contribution in [2.75, 3.05) is 13.2 Å². The molecule has 0 bridgehead atoms. The maximum absolute atomic E-state index is 5.71. The van der Waals surface area contributed by atoms with Crippen molar-refractivity contribution >= 4 is 11.3 Å². The molecule has 0 aromatic carbocycles. The van der Waals surface area contributed by atoms with Gasteiger partial charge in [-0.05, 0) is 33.2 Å². The Morgan fingerprint density at radius 3 is 3.00 bits per heavy atom. The zero-order valence-electron chi connectivity index (χ0n) is 9.38. The number of hydrogen-bond acceptors (Lipinski definition) is 4. The lowest BCUT2D eigenvalue weighted by molar-refractivity contribution is 0.105. The van der Waals surface area contributed by atoms with E-state index in [2.05, 4.69) is 17.2 Å². The molecule has 1 aliphatic heterocycles. The average molecular weight is 226 g/mol. The summed E-state index contributed by atoms with van der Waals surface area (Å²) < 4.78 is 5.71. The smallest absolute Gasteiger partial charge is 0.0900 e. The normalized spacial score (nSPS) is 21.1. The molecule has 1 fully saturated rings. The quantitative estimate of drug-likeness (QED) is 0.853. The Balaban J connectivity index is 1.75. The second-order valence-electron chi connectivity index (χ2n) is 4.05. The maximum atomic E-state index is 5.71. The molecule has 0 saturated carbocycles. The standard InChI is InChI=1S/C11H18N2OS/c1-8-11(15-9(2)13-8)7-14-6-10-4-3-5-12-10/h10,12H,3-7H2,1-2H3/t10-/m0/s1. The monoisotopic (exact) mass is 226 g/mol. The van der Waals surface area contributed by atoms with Gasteiger partial charge in [0.15, 0.2) is 0 Å². The second-order valence-corrected chi connectivity index (χ2v) is 5.34. The van der Waals surface area contributed by atoms with E-state index in [4.69, 9.17) is 4.74 Å².